The van der Waals surface area contributed by atoms with E-state index in [-0.39, 0.29) is 24.6 Å². The van der Waals surface area contributed by atoms with Crippen molar-refractivity contribution in [1.29, 1.82) is 0 Å². The molecule has 4 rings (SSSR count). The summed E-state index contributed by atoms with van der Waals surface area (Å²) < 4.78 is 12.2. The van der Waals surface area contributed by atoms with Crippen molar-refractivity contribution in [3.63, 3.8) is 0 Å². The van der Waals surface area contributed by atoms with E-state index in [2.05, 4.69) is 10.6 Å². The van der Waals surface area contributed by atoms with Gasteiger partial charge in [-0.2, -0.15) is 0 Å². The number of methoxy groups -OCH3 is 2. The number of pyridine rings is 1. The number of aromatic nitrogens is 1. The second-order valence-corrected chi connectivity index (χ2v) is 8.91. The fourth-order valence-electron chi connectivity index (χ4n) is 4.17. The molecule has 0 fully saturated rings. The average Bonchev–Trinajstić information content (AvgIpc) is 2.87. The molecular weight excluding hydrogens is 454 g/mol. The van der Waals surface area contributed by atoms with Gasteiger partial charge in [0, 0.05) is 29.5 Å². The van der Waals surface area contributed by atoms with Crippen LogP contribution in [0.15, 0.2) is 65.5 Å². The lowest BCUT2D eigenvalue weighted by Crippen LogP contribution is -2.31. The highest BCUT2D eigenvalue weighted by Crippen LogP contribution is 2.30. The zero-order chi connectivity index (χ0) is 25.8. The average molecular weight is 486 g/mol. The van der Waals surface area contributed by atoms with E-state index in [4.69, 9.17) is 9.47 Å². The maximum atomic E-state index is 13.5. The van der Waals surface area contributed by atoms with Gasteiger partial charge in [-0.15, -0.1) is 0 Å². The first-order valence-electron chi connectivity index (χ1n) is 11.7. The van der Waals surface area contributed by atoms with Crippen LogP contribution in [-0.2, 0) is 17.9 Å². The normalized spacial score (nSPS) is 10.8. The third-order valence-electron chi connectivity index (χ3n) is 6.16. The summed E-state index contributed by atoms with van der Waals surface area (Å²) in [7, 11) is 3.16. The molecule has 2 N–H and O–H groups in total. The van der Waals surface area contributed by atoms with Gasteiger partial charge in [0.15, 0.2) is 11.5 Å². The van der Waals surface area contributed by atoms with Crippen molar-refractivity contribution in [2.75, 3.05) is 24.9 Å². The quantitative estimate of drug-likeness (QED) is 0.359. The molecule has 3 aromatic carbocycles. The van der Waals surface area contributed by atoms with Crippen LogP contribution in [-0.4, -0.2) is 24.7 Å². The van der Waals surface area contributed by atoms with Crippen LogP contribution in [0.25, 0.3) is 10.9 Å². The molecule has 1 aromatic heterocycles. The fourth-order valence-corrected chi connectivity index (χ4v) is 4.17. The minimum atomic E-state index is -0.251. The van der Waals surface area contributed by atoms with E-state index in [1.807, 2.05) is 75.4 Å². The number of carbonyl (C=O) groups excluding carboxylic acids is 1. The Morgan fingerprint density at radius 2 is 1.58 bits per heavy atom. The van der Waals surface area contributed by atoms with E-state index < -0.39 is 0 Å². The molecule has 0 atom stereocenters. The van der Waals surface area contributed by atoms with Gasteiger partial charge in [0.1, 0.15) is 6.54 Å². The monoisotopic (exact) mass is 485 g/mol. The first kappa shape index (κ1) is 24.9. The van der Waals surface area contributed by atoms with Crippen molar-refractivity contribution in [3.8, 4) is 11.5 Å². The van der Waals surface area contributed by atoms with Crippen LogP contribution in [0.1, 0.15) is 22.3 Å². The minimum Gasteiger partial charge on any atom is -0.493 e. The third kappa shape index (κ3) is 5.35. The molecule has 0 aliphatic heterocycles. The number of fused-ring (bicyclic) bond motifs is 1. The maximum Gasteiger partial charge on any atom is 0.256 e. The third-order valence-corrected chi connectivity index (χ3v) is 6.16. The molecule has 0 spiro atoms. The minimum absolute atomic E-state index is 0.0869. The Hall–Kier alpha value is -4.26. The molecule has 0 aliphatic rings. The largest absolute Gasteiger partial charge is 0.493 e. The molecule has 0 bridgehead atoms. The highest BCUT2D eigenvalue weighted by Gasteiger charge is 2.14. The topological polar surface area (TPSA) is 81.6 Å². The van der Waals surface area contributed by atoms with Gasteiger partial charge >= 0.3 is 0 Å². The number of anilines is 2. The zero-order valence-corrected chi connectivity index (χ0v) is 21.3. The van der Waals surface area contributed by atoms with Crippen molar-refractivity contribution in [2.24, 2.45) is 0 Å². The fraction of sp³-hybridized carbons (Fsp3) is 0.241. The van der Waals surface area contributed by atoms with Gasteiger partial charge in [-0.05, 0) is 73.2 Å². The van der Waals surface area contributed by atoms with Gasteiger partial charge in [0.25, 0.3) is 5.56 Å². The predicted molar refractivity (Wildman–Crippen MR) is 144 cm³/mol. The van der Waals surface area contributed by atoms with E-state index in [0.717, 1.165) is 39.0 Å². The number of nitrogens with zero attached hydrogens (tertiary/aromatic N) is 1. The molecule has 4 aromatic rings. The van der Waals surface area contributed by atoms with Crippen LogP contribution < -0.4 is 25.7 Å². The van der Waals surface area contributed by atoms with Gasteiger partial charge in [-0.1, -0.05) is 24.3 Å². The van der Waals surface area contributed by atoms with E-state index in [1.54, 1.807) is 24.9 Å². The number of amides is 1. The first-order valence-corrected chi connectivity index (χ1v) is 11.7. The van der Waals surface area contributed by atoms with E-state index in [1.165, 1.54) is 0 Å². The summed E-state index contributed by atoms with van der Waals surface area (Å²) in [5.41, 5.74) is 5.65. The summed E-state index contributed by atoms with van der Waals surface area (Å²) in [6.45, 7) is 6.09. The van der Waals surface area contributed by atoms with Crippen molar-refractivity contribution >= 4 is 28.2 Å². The smallest absolute Gasteiger partial charge is 0.256 e. The summed E-state index contributed by atoms with van der Waals surface area (Å²) in [6.07, 6.45) is 0. The van der Waals surface area contributed by atoms with Crippen LogP contribution in [0.2, 0.25) is 0 Å². The Bertz CT molecular complexity index is 1490. The number of ether oxygens (including phenoxy) is 2. The molecule has 0 unspecified atom stereocenters. The number of hydrogen-bond acceptors (Lipinski definition) is 5. The number of hydrogen-bond donors (Lipinski definition) is 2. The van der Waals surface area contributed by atoms with Crippen molar-refractivity contribution in [3.05, 3.63) is 93.3 Å². The maximum absolute atomic E-state index is 13.5. The molecule has 7 heteroatoms. The van der Waals surface area contributed by atoms with Gasteiger partial charge in [0.2, 0.25) is 5.91 Å². The Morgan fingerprint density at radius 3 is 2.33 bits per heavy atom. The highest BCUT2D eigenvalue weighted by atomic mass is 16.5. The summed E-state index contributed by atoms with van der Waals surface area (Å²) in [5, 5.41) is 7.15. The number of benzene rings is 3. The first-order chi connectivity index (χ1) is 17.3. The van der Waals surface area contributed by atoms with Crippen molar-refractivity contribution in [2.45, 2.75) is 33.9 Å². The Morgan fingerprint density at radius 1 is 0.861 bits per heavy atom. The van der Waals surface area contributed by atoms with Gasteiger partial charge in [-0.3, -0.25) is 14.2 Å². The molecular formula is C29H31N3O4. The van der Waals surface area contributed by atoms with Crippen molar-refractivity contribution in [1.82, 2.24) is 4.57 Å². The lowest BCUT2D eigenvalue weighted by molar-refractivity contribution is -0.116. The van der Waals surface area contributed by atoms with E-state index >= 15 is 0 Å². The molecule has 36 heavy (non-hydrogen) atoms. The van der Waals surface area contributed by atoms with Gasteiger partial charge in [0.05, 0.1) is 19.7 Å². The predicted octanol–water partition coefficient (Wildman–Crippen LogP) is 5.19. The van der Waals surface area contributed by atoms with Crippen LogP contribution in [0, 0.1) is 20.8 Å². The molecule has 0 saturated heterocycles. The number of aryl methyl sites for hydroxylation is 3. The van der Waals surface area contributed by atoms with E-state index in [9.17, 15) is 9.59 Å². The molecule has 1 heterocycles. The number of nitrogens with one attached hydrogen (secondary N) is 2. The summed E-state index contributed by atoms with van der Waals surface area (Å²) in [5.74, 6) is 0.969. The van der Waals surface area contributed by atoms with Crippen LogP contribution >= 0.6 is 0 Å². The number of carbonyl (C=O) groups is 1. The van der Waals surface area contributed by atoms with Crippen LogP contribution in [0.5, 0.6) is 11.5 Å². The summed E-state index contributed by atoms with van der Waals surface area (Å²) in [6, 6.07) is 19.2. The van der Waals surface area contributed by atoms with Crippen LogP contribution in [0.3, 0.4) is 0 Å². The second-order valence-electron chi connectivity index (χ2n) is 8.91. The van der Waals surface area contributed by atoms with Crippen molar-refractivity contribution < 1.29 is 14.3 Å². The molecule has 7 nitrogen and oxygen atoms in total. The molecule has 0 saturated carbocycles. The summed E-state index contributed by atoms with van der Waals surface area (Å²) in [4.78, 5) is 26.6. The lowest BCUT2D eigenvalue weighted by atomic mass is 10.1. The Kier molecular flexibility index (Phi) is 7.29. The molecule has 0 aliphatic carbocycles. The Labute approximate surface area is 210 Å². The van der Waals surface area contributed by atoms with Crippen LogP contribution in [0.4, 0.5) is 11.4 Å². The lowest BCUT2D eigenvalue weighted by Gasteiger charge is -2.16. The SMILES string of the molecule is COc1ccc(NCc2cc3ccc(C)cc3n(CC(=O)Nc3cc(C)ccc3C)c2=O)cc1OC. The van der Waals surface area contributed by atoms with Gasteiger partial charge in [-0.25, -0.2) is 0 Å². The highest BCUT2D eigenvalue weighted by molar-refractivity contribution is 5.92. The molecule has 1 amide bonds. The molecule has 0 radical (unpaired) electrons. The van der Waals surface area contributed by atoms with E-state index in [0.29, 0.717) is 17.1 Å². The Balaban J connectivity index is 1.65. The molecule has 186 valence electrons. The number of rotatable bonds is 8. The standard InChI is InChI=1S/C29H31N3O4/c1-18-6-8-20(3)24(12-18)31-28(33)17-32-25-13-19(2)7-9-21(25)14-22(29(32)34)16-30-23-10-11-26(35-4)27(15-23)36-5/h6-15,30H,16-17H2,1-5H3,(H,31,33). The summed E-state index contributed by atoms with van der Waals surface area (Å²) >= 11 is 0. The van der Waals surface area contributed by atoms with Gasteiger partial charge < -0.3 is 20.1 Å². The second kappa shape index (κ2) is 10.6. The zero-order valence-electron chi connectivity index (χ0n) is 21.3.